The molecule has 0 aliphatic carbocycles. The van der Waals surface area contributed by atoms with Gasteiger partial charge in [-0.2, -0.15) is 5.10 Å². The van der Waals surface area contributed by atoms with E-state index in [2.05, 4.69) is 10.1 Å². The number of anilines is 1. The van der Waals surface area contributed by atoms with Gasteiger partial charge >= 0.3 is 12.1 Å². The van der Waals surface area contributed by atoms with Crippen LogP contribution in [0.2, 0.25) is 5.02 Å². The minimum atomic E-state index is -1.10. The molecule has 1 unspecified atom stereocenters. The van der Waals surface area contributed by atoms with Gasteiger partial charge in [0.1, 0.15) is 12.0 Å². The number of aromatic nitrogens is 4. The van der Waals surface area contributed by atoms with Gasteiger partial charge in [0.25, 0.3) is 0 Å². The van der Waals surface area contributed by atoms with Crippen LogP contribution >= 0.6 is 11.6 Å². The largest absolute Gasteiger partial charge is 0.465 e. The fourth-order valence-electron chi connectivity index (χ4n) is 5.56. The lowest BCUT2D eigenvalue weighted by Gasteiger charge is -2.35. The summed E-state index contributed by atoms with van der Waals surface area (Å²) in [4.78, 5) is 32.0. The normalized spacial score (nSPS) is 17.6. The number of amides is 1. The first-order valence-electron chi connectivity index (χ1n) is 13.3. The highest BCUT2D eigenvalue weighted by molar-refractivity contribution is 6.33. The summed E-state index contributed by atoms with van der Waals surface area (Å²) in [5, 5.41) is 14.4. The molecule has 1 N–H and O–H groups in total. The van der Waals surface area contributed by atoms with Crippen LogP contribution in [-0.2, 0) is 22.5 Å². The highest BCUT2D eigenvalue weighted by atomic mass is 35.5. The second-order valence-corrected chi connectivity index (χ2v) is 10.5. The third-order valence-electron chi connectivity index (χ3n) is 7.59. The SMILES string of the molecule is CCOC(=O)C(c1ncn2c1C[C@@H](F)C2)n1cc2c(F)cc(-c3ccc(N4CCN(C(=O)O)CC4)c(Cl)c3)cc2n1. The number of hydrogen-bond acceptors (Lipinski definition) is 6. The Morgan fingerprint density at radius 2 is 1.95 bits per heavy atom. The van der Waals surface area contributed by atoms with Crippen molar-refractivity contribution in [3.05, 3.63) is 65.1 Å². The van der Waals surface area contributed by atoms with Crippen LogP contribution < -0.4 is 4.90 Å². The molecule has 2 aromatic heterocycles. The molecule has 2 atom stereocenters. The van der Waals surface area contributed by atoms with Gasteiger partial charge in [-0.05, 0) is 42.3 Å². The lowest BCUT2D eigenvalue weighted by Crippen LogP contribution is -2.48. The quantitative estimate of drug-likeness (QED) is 0.332. The van der Waals surface area contributed by atoms with Gasteiger partial charge < -0.3 is 24.2 Å². The molecule has 0 bridgehead atoms. The molecule has 0 spiro atoms. The van der Waals surface area contributed by atoms with Crippen molar-refractivity contribution in [1.29, 1.82) is 0 Å². The summed E-state index contributed by atoms with van der Waals surface area (Å²) >= 11 is 6.62. The summed E-state index contributed by atoms with van der Waals surface area (Å²) in [5.41, 5.74) is 3.23. The predicted molar refractivity (Wildman–Crippen MR) is 148 cm³/mol. The first kappa shape index (κ1) is 27.0. The second kappa shape index (κ2) is 10.7. The Balaban J connectivity index is 1.32. The number of nitrogens with zero attached hydrogens (tertiary/aromatic N) is 6. The molecule has 0 saturated carbocycles. The van der Waals surface area contributed by atoms with Gasteiger partial charge in [-0.3, -0.25) is 4.68 Å². The van der Waals surface area contributed by atoms with Crippen molar-refractivity contribution in [2.75, 3.05) is 37.7 Å². The first-order chi connectivity index (χ1) is 19.7. The molecule has 13 heteroatoms. The van der Waals surface area contributed by atoms with Gasteiger partial charge in [0, 0.05) is 44.5 Å². The highest BCUT2D eigenvalue weighted by Gasteiger charge is 2.35. The maximum Gasteiger partial charge on any atom is 0.407 e. The van der Waals surface area contributed by atoms with Crippen molar-refractivity contribution in [3.8, 4) is 11.1 Å². The monoisotopic (exact) mass is 584 g/mol. The molecule has 4 aromatic rings. The number of halogens is 3. The number of alkyl halides is 1. The lowest BCUT2D eigenvalue weighted by molar-refractivity contribution is -0.146. The molecule has 2 aliphatic rings. The smallest absolute Gasteiger partial charge is 0.407 e. The third kappa shape index (κ3) is 4.96. The van der Waals surface area contributed by atoms with Crippen LogP contribution in [0.5, 0.6) is 0 Å². The standard InChI is InChI=1S/C28H27ClF2N6O4/c1-2-41-27(38)26(25-24-12-18(30)13-36(24)15-32-25)37-14-19-21(31)10-17(11-22(19)33-37)16-3-4-23(20(29)9-16)34-5-7-35(8-6-34)28(39)40/h3-4,9-11,14-15,18,26H,2,5-8,12-13H2,1H3,(H,39,40)/t18-,26?/m1/s1. The van der Waals surface area contributed by atoms with E-state index in [0.29, 0.717) is 59.2 Å². The molecular weight excluding hydrogens is 558 g/mol. The minimum Gasteiger partial charge on any atom is -0.465 e. The Morgan fingerprint density at radius 3 is 2.66 bits per heavy atom. The van der Waals surface area contributed by atoms with E-state index >= 15 is 4.39 Å². The van der Waals surface area contributed by atoms with E-state index in [0.717, 1.165) is 5.69 Å². The average molecular weight is 585 g/mol. The van der Waals surface area contributed by atoms with Gasteiger partial charge in [0.15, 0.2) is 6.04 Å². The van der Waals surface area contributed by atoms with Crippen LogP contribution in [0, 0.1) is 5.82 Å². The summed E-state index contributed by atoms with van der Waals surface area (Å²) in [6, 6.07) is 7.40. The Bertz CT molecular complexity index is 1650. The minimum absolute atomic E-state index is 0.122. The maximum atomic E-state index is 15.4. The summed E-state index contributed by atoms with van der Waals surface area (Å²) in [6.45, 7) is 3.75. The van der Waals surface area contributed by atoms with E-state index in [1.54, 1.807) is 23.6 Å². The predicted octanol–water partition coefficient (Wildman–Crippen LogP) is 4.54. The van der Waals surface area contributed by atoms with Crippen molar-refractivity contribution >= 4 is 40.3 Å². The summed E-state index contributed by atoms with van der Waals surface area (Å²) in [7, 11) is 0. The maximum absolute atomic E-state index is 15.4. The zero-order chi connectivity index (χ0) is 28.8. The molecular formula is C28H27ClF2N6O4. The number of carboxylic acid groups (broad SMARTS) is 1. The van der Waals surface area contributed by atoms with Crippen molar-refractivity contribution in [2.24, 2.45) is 0 Å². The topological polar surface area (TPSA) is 106 Å². The zero-order valence-electron chi connectivity index (χ0n) is 22.1. The van der Waals surface area contributed by atoms with E-state index in [1.165, 1.54) is 28.2 Å². The number of rotatable bonds is 6. The Kier molecular flexibility index (Phi) is 7.02. The van der Waals surface area contributed by atoms with Crippen molar-refractivity contribution < 1.29 is 28.2 Å². The number of ether oxygens (including phenoxy) is 1. The Hall–Kier alpha value is -4.19. The number of esters is 1. The van der Waals surface area contributed by atoms with Gasteiger partial charge in [-0.1, -0.05) is 17.7 Å². The zero-order valence-corrected chi connectivity index (χ0v) is 22.9. The lowest BCUT2D eigenvalue weighted by atomic mass is 10.0. The van der Waals surface area contributed by atoms with E-state index in [-0.39, 0.29) is 25.0 Å². The molecule has 6 rings (SSSR count). The third-order valence-corrected chi connectivity index (χ3v) is 7.89. The van der Waals surface area contributed by atoms with Crippen LogP contribution in [0.1, 0.15) is 24.4 Å². The van der Waals surface area contributed by atoms with Gasteiger partial charge in [-0.25, -0.2) is 23.4 Å². The van der Waals surface area contributed by atoms with Gasteiger partial charge in [0.05, 0.1) is 46.8 Å². The van der Waals surface area contributed by atoms with Gasteiger partial charge in [-0.15, -0.1) is 0 Å². The Morgan fingerprint density at radius 1 is 1.17 bits per heavy atom. The molecule has 0 radical (unpaired) electrons. The van der Waals surface area contributed by atoms with Crippen LogP contribution in [0.15, 0.2) is 42.9 Å². The number of hydrogen-bond donors (Lipinski definition) is 1. The summed E-state index contributed by atoms with van der Waals surface area (Å²) in [6.07, 6.45) is 1.05. The molecule has 10 nitrogen and oxygen atoms in total. The van der Waals surface area contributed by atoms with Crippen molar-refractivity contribution in [2.45, 2.75) is 32.1 Å². The first-order valence-corrected chi connectivity index (χ1v) is 13.7. The number of carbonyl (C=O) groups excluding carboxylic acids is 1. The number of fused-ring (bicyclic) bond motifs is 2. The van der Waals surface area contributed by atoms with Crippen LogP contribution in [0.25, 0.3) is 22.0 Å². The van der Waals surface area contributed by atoms with Crippen LogP contribution in [-0.4, -0.2) is 80.4 Å². The second-order valence-electron chi connectivity index (χ2n) is 10.1. The van der Waals surface area contributed by atoms with Crippen molar-refractivity contribution in [3.63, 3.8) is 0 Å². The number of piperazine rings is 1. The molecule has 41 heavy (non-hydrogen) atoms. The number of benzene rings is 2. The fraction of sp³-hybridized carbons (Fsp3) is 0.357. The molecule has 1 saturated heterocycles. The number of imidazole rings is 1. The highest BCUT2D eigenvalue weighted by Crippen LogP contribution is 2.35. The van der Waals surface area contributed by atoms with E-state index in [4.69, 9.17) is 16.3 Å². The van der Waals surface area contributed by atoms with Gasteiger partial charge in [0.2, 0.25) is 0 Å². The van der Waals surface area contributed by atoms with E-state index in [9.17, 15) is 19.1 Å². The molecule has 1 amide bonds. The summed E-state index contributed by atoms with van der Waals surface area (Å²) < 4.78 is 37.8. The molecule has 2 aromatic carbocycles. The number of carbonyl (C=O) groups is 2. The fourth-order valence-corrected chi connectivity index (χ4v) is 5.86. The molecule has 2 aliphatic heterocycles. The molecule has 214 valence electrons. The average Bonchev–Trinajstić information content (AvgIpc) is 3.64. The van der Waals surface area contributed by atoms with Crippen molar-refractivity contribution in [1.82, 2.24) is 24.2 Å². The van der Waals surface area contributed by atoms with E-state index in [1.807, 2.05) is 17.0 Å². The van der Waals surface area contributed by atoms with Crippen LogP contribution in [0.4, 0.5) is 19.3 Å². The Labute approximate surface area is 238 Å². The molecule has 1 fully saturated rings. The summed E-state index contributed by atoms with van der Waals surface area (Å²) in [5.74, 6) is -1.15. The molecule has 4 heterocycles. The van der Waals surface area contributed by atoms with E-state index < -0.39 is 30.1 Å². The van der Waals surface area contributed by atoms with Crippen LogP contribution in [0.3, 0.4) is 0 Å².